The van der Waals surface area contributed by atoms with Crippen molar-refractivity contribution < 1.29 is 8.42 Å². The predicted molar refractivity (Wildman–Crippen MR) is 57.9 cm³/mol. The van der Waals surface area contributed by atoms with Crippen LogP contribution in [0.25, 0.3) is 0 Å². The summed E-state index contributed by atoms with van der Waals surface area (Å²) in [6, 6.07) is 0. The van der Waals surface area contributed by atoms with Crippen molar-refractivity contribution >= 4 is 31.7 Å². The number of hydrogen-bond acceptors (Lipinski definition) is 5. The molecular formula is C7H10BrN3O2S. The van der Waals surface area contributed by atoms with Crippen molar-refractivity contribution in [2.24, 2.45) is 0 Å². The minimum Gasteiger partial charge on any atom is -0.353 e. The van der Waals surface area contributed by atoms with E-state index in [1.807, 2.05) is 0 Å². The van der Waals surface area contributed by atoms with Gasteiger partial charge in [-0.2, -0.15) is 0 Å². The highest BCUT2D eigenvalue weighted by molar-refractivity contribution is 9.10. The third-order valence-corrected chi connectivity index (χ3v) is 2.73. The van der Waals surface area contributed by atoms with Crippen LogP contribution in [0, 0.1) is 0 Å². The number of halogens is 1. The molecule has 0 fully saturated rings. The lowest BCUT2D eigenvalue weighted by Gasteiger charge is -2.02. The van der Waals surface area contributed by atoms with Gasteiger partial charge in [0.25, 0.3) is 0 Å². The molecule has 0 bridgehead atoms. The van der Waals surface area contributed by atoms with Gasteiger partial charge in [-0.25, -0.2) is 18.4 Å². The zero-order valence-electron chi connectivity index (χ0n) is 7.57. The number of sulfone groups is 1. The molecule has 1 rings (SSSR count). The molecular weight excluding hydrogens is 270 g/mol. The second-order valence-electron chi connectivity index (χ2n) is 2.78. The van der Waals surface area contributed by atoms with Crippen molar-refractivity contribution in [1.82, 2.24) is 9.97 Å². The van der Waals surface area contributed by atoms with Gasteiger partial charge in [-0.3, -0.25) is 0 Å². The van der Waals surface area contributed by atoms with E-state index in [-0.39, 0.29) is 5.75 Å². The van der Waals surface area contributed by atoms with Gasteiger partial charge >= 0.3 is 0 Å². The molecule has 1 aromatic heterocycles. The summed E-state index contributed by atoms with van der Waals surface area (Å²) in [4.78, 5) is 7.87. The summed E-state index contributed by atoms with van der Waals surface area (Å²) in [7, 11) is -2.93. The van der Waals surface area contributed by atoms with Crippen LogP contribution in [0.2, 0.25) is 0 Å². The van der Waals surface area contributed by atoms with Gasteiger partial charge in [0, 0.05) is 25.2 Å². The van der Waals surface area contributed by atoms with E-state index in [0.717, 1.165) is 4.47 Å². The van der Waals surface area contributed by atoms with Gasteiger partial charge in [0.2, 0.25) is 5.95 Å². The molecule has 1 aromatic rings. The van der Waals surface area contributed by atoms with Gasteiger partial charge in [-0.15, -0.1) is 0 Å². The number of anilines is 1. The highest BCUT2D eigenvalue weighted by atomic mass is 79.9. The molecule has 1 N–H and O–H groups in total. The van der Waals surface area contributed by atoms with Gasteiger partial charge in [0.1, 0.15) is 9.84 Å². The zero-order valence-corrected chi connectivity index (χ0v) is 9.97. The number of nitrogens with zero attached hydrogens (tertiary/aromatic N) is 2. The molecule has 0 radical (unpaired) electrons. The molecule has 0 spiro atoms. The molecule has 14 heavy (non-hydrogen) atoms. The fourth-order valence-electron chi connectivity index (χ4n) is 0.752. The summed E-state index contributed by atoms with van der Waals surface area (Å²) in [6.45, 7) is 0.320. The van der Waals surface area contributed by atoms with E-state index in [1.165, 1.54) is 6.26 Å². The number of nitrogens with one attached hydrogen (secondary N) is 1. The largest absolute Gasteiger partial charge is 0.353 e. The Kier molecular flexibility index (Phi) is 3.82. The molecule has 0 unspecified atom stereocenters. The molecule has 0 atom stereocenters. The highest BCUT2D eigenvalue weighted by Crippen LogP contribution is 2.06. The first-order valence-electron chi connectivity index (χ1n) is 3.86. The molecule has 1 heterocycles. The van der Waals surface area contributed by atoms with Crippen LogP contribution in [0.3, 0.4) is 0 Å². The number of aromatic nitrogens is 2. The minimum absolute atomic E-state index is 0.0758. The first-order chi connectivity index (χ1) is 6.47. The average Bonchev–Trinajstić information content (AvgIpc) is 2.06. The molecule has 0 aliphatic heterocycles. The van der Waals surface area contributed by atoms with Crippen molar-refractivity contribution in [2.45, 2.75) is 0 Å². The maximum absolute atomic E-state index is 10.8. The Labute approximate surface area is 91.0 Å². The van der Waals surface area contributed by atoms with E-state index in [0.29, 0.717) is 12.5 Å². The maximum Gasteiger partial charge on any atom is 0.222 e. The Hall–Kier alpha value is -0.690. The minimum atomic E-state index is -2.93. The van der Waals surface area contributed by atoms with E-state index in [1.54, 1.807) is 12.4 Å². The van der Waals surface area contributed by atoms with E-state index < -0.39 is 9.84 Å². The smallest absolute Gasteiger partial charge is 0.222 e. The Morgan fingerprint density at radius 1 is 1.43 bits per heavy atom. The second-order valence-corrected chi connectivity index (χ2v) is 5.96. The lowest BCUT2D eigenvalue weighted by atomic mass is 10.6. The van der Waals surface area contributed by atoms with Crippen molar-refractivity contribution in [2.75, 3.05) is 23.9 Å². The van der Waals surface area contributed by atoms with E-state index in [2.05, 4.69) is 31.2 Å². The summed E-state index contributed by atoms with van der Waals surface area (Å²) >= 11 is 3.20. The van der Waals surface area contributed by atoms with E-state index in [9.17, 15) is 8.42 Å². The zero-order chi connectivity index (χ0) is 10.6. The fourth-order valence-corrected chi connectivity index (χ4v) is 1.43. The van der Waals surface area contributed by atoms with Crippen LogP contribution in [-0.4, -0.2) is 36.9 Å². The van der Waals surface area contributed by atoms with Crippen molar-refractivity contribution in [3.05, 3.63) is 16.9 Å². The van der Waals surface area contributed by atoms with Gasteiger partial charge in [-0.1, -0.05) is 0 Å². The Morgan fingerprint density at radius 3 is 2.50 bits per heavy atom. The maximum atomic E-state index is 10.8. The Bertz CT molecular complexity index is 390. The lowest BCUT2D eigenvalue weighted by molar-refractivity contribution is 0.602. The molecule has 0 aliphatic rings. The third kappa shape index (κ3) is 4.52. The average molecular weight is 280 g/mol. The summed E-state index contributed by atoms with van der Waals surface area (Å²) in [5.74, 6) is 0.503. The SMILES string of the molecule is CS(=O)(=O)CCNc1ncc(Br)cn1. The number of rotatable bonds is 4. The lowest BCUT2D eigenvalue weighted by Crippen LogP contribution is -2.15. The molecule has 5 nitrogen and oxygen atoms in total. The summed E-state index contributed by atoms with van der Waals surface area (Å²) in [6.07, 6.45) is 4.38. The standard InChI is InChI=1S/C7H10BrN3O2S/c1-14(12,13)3-2-9-7-10-4-6(8)5-11-7/h4-5H,2-3H2,1H3,(H,9,10,11). The first-order valence-corrected chi connectivity index (χ1v) is 6.72. The molecule has 0 aromatic carbocycles. The molecule has 0 saturated carbocycles. The predicted octanol–water partition coefficient (Wildman–Crippen LogP) is 0.696. The van der Waals surface area contributed by atoms with Crippen molar-refractivity contribution in [3.63, 3.8) is 0 Å². The van der Waals surface area contributed by atoms with Gasteiger partial charge in [0.05, 0.1) is 10.2 Å². The molecule has 0 aliphatic carbocycles. The van der Waals surface area contributed by atoms with Gasteiger partial charge < -0.3 is 5.32 Å². The monoisotopic (exact) mass is 279 g/mol. The van der Waals surface area contributed by atoms with Gasteiger partial charge in [-0.05, 0) is 15.9 Å². The van der Waals surface area contributed by atoms with E-state index in [4.69, 9.17) is 0 Å². The van der Waals surface area contributed by atoms with Crippen LogP contribution >= 0.6 is 15.9 Å². The highest BCUT2D eigenvalue weighted by Gasteiger charge is 2.01. The third-order valence-electron chi connectivity index (χ3n) is 1.38. The first kappa shape index (κ1) is 11.4. The normalized spacial score (nSPS) is 11.3. The quantitative estimate of drug-likeness (QED) is 0.878. The van der Waals surface area contributed by atoms with Crippen LogP contribution < -0.4 is 5.32 Å². The number of hydrogen-bond donors (Lipinski definition) is 1. The second kappa shape index (κ2) is 4.70. The van der Waals surface area contributed by atoms with Crippen molar-refractivity contribution in [3.8, 4) is 0 Å². The topological polar surface area (TPSA) is 72.0 Å². The van der Waals surface area contributed by atoms with E-state index >= 15 is 0 Å². The Balaban J connectivity index is 2.43. The van der Waals surface area contributed by atoms with Crippen LogP contribution in [0.15, 0.2) is 16.9 Å². The molecule has 0 saturated heterocycles. The summed E-state index contributed by atoms with van der Waals surface area (Å²) < 4.78 is 22.4. The summed E-state index contributed by atoms with van der Waals surface area (Å²) in [5.41, 5.74) is 0. The molecule has 7 heteroatoms. The van der Waals surface area contributed by atoms with Crippen LogP contribution in [-0.2, 0) is 9.84 Å². The Morgan fingerprint density at radius 2 is 2.00 bits per heavy atom. The van der Waals surface area contributed by atoms with Gasteiger partial charge in [0.15, 0.2) is 0 Å². The van der Waals surface area contributed by atoms with Crippen LogP contribution in [0.1, 0.15) is 0 Å². The molecule has 0 amide bonds. The van der Waals surface area contributed by atoms with Crippen LogP contribution in [0.4, 0.5) is 5.95 Å². The van der Waals surface area contributed by atoms with Crippen LogP contribution in [0.5, 0.6) is 0 Å². The fraction of sp³-hybridized carbons (Fsp3) is 0.429. The molecule has 78 valence electrons. The summed E-state index contributed by atoms with van der Waals surface area (Å²) in [5, 5.41) is 2.81. The van der Waals surface area contributed by atoms with Crippen molar-refractivity contribution in [1.29, 1.82) is 0 Å².